The molecule has 4 rings (SSSR count). The molecule has 5 heteroatoms. The molecule has 0 radical (unpaired) electrons. The molecule has 29 heavy (non-hydrogen) atoms. The fourth-order valence-corrected chi connectivity index (χ4v) is 5.78. The Labute approximate surface area is 174 Å². The SMILES string of the molecule is CN(C(=O)c1ccc(NC(=O)C2CC3CCCC(C2)C3N)cc1)C1CCCCC1. The van der Waals surface area contributed by atoms with Crippen molar-refractivity contribution in [2.24, 2.45) is 23.5 Å². The molecule has 3 aliphatic rings. The first-order valence-electron chi connectivity index (χ1n) is 11.5. The van der Waals surface area contributed by atoms with Crippen LogP contribution < -0.4 is 11.1 Å². The van der Waals surface area contributed by atoms with Gasteiger partial charge in [0.15, 0.2) is 0 Å². The zero-order valence-electron chi connectivity index (χ0n) is 17.6. The van der Waals surface area contributed by atoms with E-state index in [-0.39, 0.29) is 23.8 Å². The van der Waals surface area contributed by atoms with Crippen molar-refractivity contribution in [2.45, 2.75) is 76.3 Å². The quantitative estimate of drug-likeness (QED) is 0.800. The smallest absolute Gasteiger partial charge is 0.253 e. The van der Waals surface area contributed by atoms with E-state index in [9.17, 15) is 9.59 Å². The van der Waals surface area contributed by atoms with Crippen LogP contribution in [0.2, 0.25) is 0 Å². The average molecular weight is 398 g/mol. The first-order valence-corrected chi connectivity index (χ1v) is 11.5. The van der Waals surface area contributed by atoms with Gasteiger partial charge in [-0.2, -0.15) is 0 Å². The summed E-state index contributed by atoms with van der Waals surface area (Å²) in [6, 6.07) is 8.02. The van der Waals surface area contributed by atoms with Gasteiger partial charge in [0.1, 0.15) is 0 Å². The van der Waals surface area contributed by atoms with Gasteiger partial charge in [-0.15, -0.1) is 0 Å². The van der Waals surface area contributed by atoms with Crippen molar-refractivity contribution < 1.29 is 9.59 Å². The highest BCUT2D eigenvalue weighted by molar-refractivity contribution is 5.96. The number of amides is 2. The molecule has 3 fully saturated rings. The molecule has 5 nitrogen and oxygen atoms in total. The van der Waals surface area contributed by atoms with Gasteiger partial charge >= 0.3 is 0 Å². The van der Waals surface area contributed by atoms with Crippen molar-refractivity contribution in [3.05, 3.63) is 29.8 Å². The summed E-state index contributed by atoms with van der Waals surface area (Å²) in [5.41, 5.74) is 7.81. The highest BCUT2D eigenvalue weighted by Crippen LogP contribution is 2.42. The minimum absolute atomic E-state index is 0.0591. The molecular formula is C24H35N3O2. The highest BCUT2D eigenvalue weighted by atomic mass is 16.2. The lowest BCUT2D eigenvalue weighted by Gasteiger charge is -2.43. The third kappa shape index (κ3) is 4.50. The van der Waals surface area contributed by atoms with Crippen LogP contribution >= 0.6 is 0 Å². The number of carbonyl (C=O) groups is 2. The van der Waals surface area contributed by atoms with Crippen LogP contribution in [0.15, 0.2) is 24.3 Å². The molecule has 3 N–H and O–H groups in total. The van der Waals surface area contributed by atoms with Crippen molar-refractivity contribution in [3.63, 3.8) is 0 Å². The van der Waals surface area contributed by atoms with E-state index >= 15 is 0 Å². The molecule has 3 saturated carbocycles. The Morgan fingerprint density at radius 1 is 0.931 bits per heavy atom. The normalized spacial score (nSPS) is 29.9. The van der Waals surface area contributed by atoms with Gasteiger partial charge in [0.2, 0.25) is 5.91 Å². The molecule has 2 atom stereocenters. The van der Waals surface area contributed by atoms with E-state index in [4.69, 9.17) is 5.73 Å². The van der Waals surface area contributed by atoms with Crippen molar-refractivity contribution >= 4 is 17.5 Å². The maximum absolute atomic E-state index is 12.8. The summed E-state index contributed by atoms with van der Waals surface area (Å²) in [5, 5.41) is 3.07. The lowest BCUT2D eigenvalue weighted by Crippen LogP contribution is -2.48. The van der Waals surface area contributed by atoms with Crippen LogP contribution in [0.5, 0.6) is 0 Å². The summed E-state index contributed by atoms with van der Waals surface area (Å²) in [5.74, 6) is 1.22. The maximum Gasteiger partial charge on any atom is 0.253 e. The van der Waals surface area contributed by atoms with Gasteiger partial charge < -0.3 is 16.0 Å². The summed E-state index contributed by atoms with van der Waals surface area (Å²) < 4.78 is 0. The molecule has 3 aliphatic carbocycles. The van der Waals surface area contributed by atoms with Crippen LogP contribution in [0.1, 0.15) is 74.6 Å². The summed E-state index contributed by atoms with van der Waals surface area (Å²) in [6.45, 7) is 0. The Kier molecular flexibility index (Phi) is 6.23. The van der Waals surface area contributed by atoms with Gasteiger partial charge in [-0.25, -0.2) is 0 Å². The number of nitrogens with zero attached hydrogens (tertiary/aromatic N) is 1. The minimum atomic E-state index is 0.0591. The molecule has 158 valence electrons. The summed E-state index contributed by atoms with van der Waals surface area (Å²) in [7, 11) is 1.92. The number of hydrogen-bond acceptors (Lipinski definition) is 3. The van der Waals surface area contributed by atoms with Crippen molar-refractivity contribution in [3.8, 4) is 0 Å². The molecule has 0 spiro atoms. The van der Waals surface area contributed by atoms with E-state index in [0.717, 1.165) is 44.2 Å². The Morgan fingerprint density at radius 2 is 1.55 bits per heavy atom. The molecule has 0 saturated heterocycles. The van der Waals surface area contributed by atoms with E-state index in [1.54, 1.807) is 0 Å². The van der Waals surface area contributed by atoms with E-state index in [0.29, 0.717) is 23.4 Å². The van der Waals surface area contributed by atoms with Crippen LogP contribution in [0.4, 0.5) is 5.69 Å². The maximum atomic E-state index is 12.8. The fraction of sp³-hybridized carbons (Fsp3) is 0.667. The number of benzene rings is 1. The van der Waals surface area contributed by atoms with Gasteiger partial charge in [-0.3, -0.25) is 9.59 Å². The lowest BCUT2D eigenvalue weighted by atomic mass is 9.65. The largest absolute Gasteiger partial charge is 0.339 e. The lowest BCUT2D eigenvalue weighted by molar-refractivity contribution is -0.122. The summed E-state index contributed by atoms with van der Waals surface area (Å²) in [6.07, 6.45) is 11.3. The van der Waals surface area contributed by atoms with Gasteiger partial charge in [-0.05, 0) is 74.6 Å². The van der Waals surface area contributed by atoms with Crippen LogP contribution in [-0.4, -0.2) is 35.8 Å². The molecular weight excluding hydrogens is 362 g/mol. The molecule has 2 amide bonds. The van der Waals surface area contributed by atoms with Crippen LogP contribution in [0, 0.1) is 17.8 Å². The van der Waals surface area contributed by atoms with E-state index in [2.05, 4.69) is 5.32 Å². The predicted molar refractivity (Wildman–Crippen MR) is 116 cm³/mol. The third-order valence-electron chi connectivity index (χ3n) is 7.63. The van der Waals surface area contributed by atoms with Gasteiger partial charge in [0, 0.05) is 36.3 Å². The molecule has 0 aromatic heterocycles. The Bertz CT molecular complexity index is 712. The van der Waals surface area contributed by atoms with Crippen LogP contribution in [0.25, 0.3) is 0 Å². The fourth-order valence-electron chi connectivity index (χ4n) is 5.78. The molecule has 0 aliphatic heterocycles. The van der Waals surface area contributed by atoms with Gasteiger partial charge in [-0.1, -0.05) is 25.7 Å². The monoisotopic (exact) mass is 397 g/mol. The first kappa shape index (κ1) is 20.4. The Hall–Kier alpha value is -1.88. The van der Waals surface area contributed by atoms with Crippen LogP contribution in [0.3, 0.4) is 0 Å². The molecule has 1 aromatic carbocycles. The number of anilines is 1. The minimum Gasteiger partial charge on any atom is -0.339 e. The van der Waals surface area contributed by atoms with Crippen molar-refractivity contribution in [1.82, 2.24) is 4.90 Å². The Morgan fingerprint density at radius 3 is 2.17 bits per heavy atom. The highest BCUT2D eigenvalue weighted by Gasteiger charge is 2.40. The topological polar surface area (TPSA) is 75.4 Å². The van der Waals surface area contributed by atoms with Gasteiger partial charge in [0.05, 0.1) is 0 Å². The van der Waals surface area contributed by atoms with E-state index < -0.39 is 0 Å². The molecule has 1 aromatic rings. The summed E-state index contributed by atoms with van der Waals surface area (Å²) in [4.78, 5) is 27.5. The Balaban J connectivity index is 1.34. The predicted octanol–water partition coefficient (Wildman–Crippen LogP) is 4.18. The average Bonchev–Trinajstić information content (AvgIpc) is 2.73. The number of carbonyl (C=O) groups excluding carboxylic acids is 2. The van der Waals surface area contributed by atoms with E-state index in [1.807, 2.05) is 36.2 Å². The first-order chi connectivity index (χ1) is 14.0. The molecule has 0 heterocycles. The van der Waals surface area contributed by atoms with Crippen LogP contribution in [-0.2, 0) is 4.79 Å². The number of nitrogens with one attached hydrogen (secondary N) is 1. The number of rotatable bonds is 4. The van der Waals surface area contributed by atoms with Crippen molar-refractivity contribution in [2.75, 3.05) is 12.4 Å². The second-order valence-corrected chi connectivity index (χ2v) is 9.47. The molecule has 2 bridgehead atoms. The standard InChI is InChI=1S/C24H35N3O2/c1-27(21-8-3-2-4-9-21)24(29)16-10-12-20(13-11-16)26-23(28)19-14-17-6-5-7-18(15-19)22(17)25/h10-13,17-19,21-22H,2-9,14-15,25H2,1H3,(H,26,28). The second-order valence-electron chi connectivity index (χ2n) is 9.47. The second kappa shape index (κ2) is 8.86. The molecule has 2 unspecified atom stereocenters. The zero-order valence-corrected chi connectivity index (χ0v) is 17.6. The third-order valence-corrected chi connectivity index (χ3v) is 7.63. The summed E-state index contributed by atoms with van der Waals surface area (Å²) >= 11 is 0. The van der Waals surface area contributed by atoms with Crippen molar-refractivity contribution in [1.29, 1.82) is 0 Å². The van der Waals surface area contributed by atoms with E-state index in [1.165, 1.54) is 25.7 Å². The number of nitrogens with two attached hydrogens (primary N) is 1. The zero-order chi connectivity index (χ0) is 20.4. The number of hydrogen-bond donors (Lipinski definition) is 2. The van der Waals surface area contributed by atoms with Gasteiger partial charge in [0.25, 0.3) is 5.91 Å². The number of fused-ring (bicyclic) bond motifs is 2.